The Balaban J connectivity index is 1.95. The topological polar surface area (TPSA) is 68.0 Å². The van der Waals surface area contributed by atoms with E-state index in [1.165, 1.54) is 4.88 Å². The van der Waals surface area contributed by atoms with Crippen LogP contribution < -0.4 is 11.1 Å². The van der Waals surface area contributed by atoms with Crippen LogP contribution in [0, 0.1) is 5.92 Å². The highest BCUT2D eigenvalue weighted by atomic mass is 32.1. The van der Waals surface area contributed by atoms with E-state index < -0.39 is 0 Å². The summed E-state index contributed by atoms with van der Waals surface area (Å²) in [6, 6.07) is 0.255. The normalized spacial score (nSPS) is 18.7. The number of hydrogen-bond donors (Lipinski definition) is 2. The van der Waals surface area contributed by atoms with Crippen LogP contribution in [0.25, 0.3) is 0 Å². The van der Waals surface area contributed by atoms with Gasteiger partial charge in [0.1, 0.15) is 0 Å². The fourth-order valence-corrected chi connectivity index (χ4v) is 3.45. The number of hydrogen-bond acceptors (Lipinski definition) is 4. The number of rotatable bonds is 4. The predicted molar refractivity (Wildman–Crippen MR) is 74.6 cm³/mol. The lowest BCUT2D eigenvalue weighted by atomic mass is 9.96. The average Bonchev–Trinajstić information content (AvgIpc) is 2.70. The van der Waals surface area contributed by atoms with E-state index in [2.05, 4.69) is 24.1 Å². The molecule has 0 bridgehead atoms. The van der Waals surface area contributed by atoms with Crippen molar-refractivity contribution in [2.24, 2.45) is 5.92 Å². The van der Waals surface area contributed by atoms with Crippen molar-refractivity contribution in [3.05, 3.63) is 10.6 Å². The largest absolute Gasteiger partial charge is 0.375 e. The summed E-state index contributed by atoms with van der Waals surface area (Å²) in [7, 11) is 0. The number of aromatic nitrogens is 1. The van der Waals surface area contributed by atoms with E-state index in [1.807, 2.05) is 0 Å². The highest BCUT2D eigenvalue weighted by Gasteiger charge is 2.25. The zero-order valence-corrected chi connectivity index (χ0v) is 11.8. The van der Waals surface area contributed by atoms with Crippen molar-refractivity contribution in [2.75, 3.05) is 5.73 Å². The molecule has 5 heteroatoms. The Morgan fingerprint density at radius 3 is 2.94 bits per heavy atom. The smallest absolute Gasteiger partial charge is 0.223 e. The highest BCUT2D eigenvalue weighted by molar-refractivity contribution is 7.15. The van der Waals surface area contributed by atoms with Gasteiger partial charge in [-0.05, 0) is 25.7 Å². The summed E-state index contributed by atoms with van der Waals surface area (Å²) >= 11 is 1.56. The first-order valence-corrected chi connectivity index (χ1v) is 7.50. The first kappa shape index (κ1) is 13.3. The van der Waals surface area contributed by atoms with Crippen molar-refractivity contribution < 1.29 is 4.79 Å². The van der Waals surface area contributed by atoms with Gasteiger partial charge in [0.25, 0.3) is 0 Å². The summed E-state index contributed by atoms with van der Waals surface area (Å²) in [6.07, 6.45) is 4.61. The maximum Gasteiger partial charge on any atom is 0.223 e. The quantitative estimate of drug-likeness (QED) is 0.878. The summed E-state index contributed by atoms with van der Waals surface area (Å²) in [5, 5.41) is 3.82. The third-order valence-electron chi connectivity index (χ3n) is 3.66. The van der Waals surface area contributed by atoms with Crippen LogP contribution in [-0.2, 0) is 17.6 Å². The number of thiazole rings is 1. The molecular formula is C13H21N3OS. The molecule has 18 heavy (non-hydrogen) atoms. The van der Waals surface area contributed by atoms with Gasteiger partial charge in [-0.1, -0.05) is 13.8 Å². The zero-order chi connectivity index (χ0) is 13.1. The van der Waals surface area contributed by atoms with Gasteiger partial charge in [-0.25, -0.2) is 4.98 Å². The average molecular weight is 267 g/mol. The molecule has 1 aliphatic rings. The molecule has 0 aliphatic heterocycles. The molecule has 0 radical (unpaired) electrons. The van der Waals surface area contributed by atoms with Crippen molar-refractivity contribution in [2.45, 2.75) is 52.0 Å². The minimum atomic E-state index is 0.151. The Hall–Kier alpha value is -1.10. The summed E-state index contributed by atoms with van der Waals surface area (Å²) < 4.78 is 0. The summed E-state index contributed by atoms with van der Waals surface area (Å²) in [6.45, 7) is 4.13. The molecule has 1 aromatic heterocycles. The Labute approximate surface area is 112 Å². The molecular weight excluding hydrogens is 246 g/mol. The van der Waals surface area contributed by atoms with E-state index >= 15 is 0 Å². The number of nitrogens with one attached hydrogen (secondary N) is 1. The second kappa shape index (κ2) is 5.69. The number of aryl methyl sites for hydroxylation is 1. The summed E-state index contributed by atoms with van der Waals surface area (Å²) in [5.74, 6) is 0.351. The Bertz CT molecular complexity index is 426. The molecule has 0 aromatic carbocycles. The molecule has 4 nitrogen and oxygen atoms in total. The van der Waals surface area contributed by atoms with Crippen LogP contribution in [-0.4, -0.2) is 16.9 Å². The number of nitrogens with zero attached hydrogens (tertiary/aromatic N) is 1. The van der Waals surface area contributed by atoms with E-state index in [4.69, 9.17) is 5.73 Å². The summed E-state index contributed by atoms with van der Waals surface area (Å²) in [4.78, 5) is 17.6. The monoisotopic (exact) mass is 267 g/mol. The predicted octanol–water partition coefficient (Wildman–Crippen LogP) is 2.13. The maximum atomic E-state index is 12.0. The van der Waals surface area contributed by atoms with E-state index in [1.54, 1.807) is 11.3 Å². The second-order valence-corrected chi connectivity index (χ2v) is 6.00. The fourth-order valence-electron chi connectivity index (χ4n) is 2.50. The number of nitrogens with two attached hydrogens (primary N) is 1. The van der Waals surface area contributed by atoms with E-state index in [9.17, 15) is 4.79 Å². The van der Waals surface area contributed by atoms with Crippen molar-refractivity contribution >= 4 is 22.4 Å². The van der Waals surface area contributed by atoms with Gasteiger partial charge in [0.2, 0.25) is 5.91 Å². The number of carbonyl (C=O) groups is 1. The molecule has 1 heterocycles. The molecule has 1 aliphatic carbocycles. The highest BCUT2D eigenvalue weighted by Crippen LogP contribution is 2.28. The minimum Gasteiger partial charge on any atom is -0.375 e. The van der Waals surface area contributed by atoms with Gasteiger partial charge in [-0.3, -0.25) is 4.79 Å². The maximum absolute atomic E-state index is 12.0. The van der Waals surface area contributed by atoms with Gasteiger partial charge in [0, 0.05) is 23.3 Å². The molecule has 3 N–H and O–H groups in total. The van der Waals surface area contributed by atoms with Gasteiger partial charge >= 0.3 is 0 Å². The van der Waals surface area contributed by atoms with Crippen molar-refractivity contribution in [1.29, 1.82) is 0 Å². The van der Waals surface area contributed by atoms with Crippen LogP contribution in [0.5, 0.6) is 0 Å². The number of carbonyl (C=O) groups excluding carboxylic acids is 1. The lowest BCUT2D eigenvalue weighted by molar-refractivity contribution is -0.126. The first-order chi connectivity index (χ1) is 8.63. The van der Waals surface area contributed by atoms with Gasteiger partial charge in [0.15, 0.2) is 5.13 Å². The lowest BCUT2D eigenvalue weighted by Gasteiger charge is -2.24. The molecule has 1 atom stereocenters. The lowest BCUT2D eigenvalue weighted by Crippen LogP contribution is -2.41. The molecule has 0 fully saturated rings. The van der Waals surface area contributed by atoms with Gasteiger partial charge in [0.05, 0.1) is 5.69 Å². The van der Waals surface area contributed by atoms with Crippen LogP contribution >= 0.6 is 11.3 Å². The van der Waals surface area contributed by atoms with Crippen LogP contribution in [0.3, 0.4) is 0 Å². The van der Waals surface area contributed by atoms with Crippen molar-refractivity contribution in [1.82, 2.24) is 10.3 Å². The second-order valence-electron chi connectivity index (χ2n) is 4.88. The Morgan fingerprint density at radius 2 is 2.28 bits per heavy atom. The molecule has 0 saturated heterocycles. The van der Waals surface area contributed by atoms with Crippen molar-refractivity contribution in [3.63, 3.8) is 0 Å². The molecule has 0 saturated carbocycles. The van der Waals surface area contributed by atoms with Gasteiger partial charge in [-0.15, -0.1) is 11.3 Å². The van der Waals surface area contributed by atoms with Crippen LogP contribution in [0.2, 0.25) is 0 Å². The number of nitrogen functional groups attached to an aromatic ring is 1. The first-order valence-electron chi connectivity index (χ1n) is 6.68. The molecule has 1 aromatic rings. The van der Waals surface area contributed by atoms with Crippen LogP contribution in [0.1, 0.15) is 43.7 Å². The molecule has 1 unspecified atom stereocenters. The standard InChI is InChI=1S/C13H21N3OS/c1-3-8(4-2)12(17)15-9-5-6-10-11(7-9)18-13(14)16-10/h8-9H,3-7H2,1-2H3,(H2,14,16)(H,15,17). The molecule has 1 amide bonds. The van der Waals surface area contributed by atoms with Gasteiger partial charge in [-0.2, -0.15) is 0 Å². The number of amides is 1. The van der Waals surface area contributed by atoms with Crippen LogP contribution in [0.15, 0.2) is 0 Å². The van der Waals surface area contributed by atoms with Crippen LogP contribution in [0.4, 0.5) is 5.13 Å². The number of fused-ring (bicyclic) bond motifs is 1. The summed E-state index contributed by atoms with van der Waals surface area (Å²) in [5.41, 5.74) is 6.85. The molecule has 0 spiro atoms. The van der Waals surface area contributed by atoms with E-state index in [0.29, 0.717) is 5.13 Å². The van der Waals surface area contributed by atoms with E-state index in [0.717, 1.165) is 37.8 Å². The van der Waals surface area contributed by atoms with Crippen molar-refractivity contribution in [3.8, 4) is 0 Å². The molecule has 2 rings (SSSR count). The third kappa shape index (κ3) is 2.83. The fraction of sp³-hybridized carbons (Fsp3) is 0.692. The Kier molecular flexibility index (Phi) is 4.22. The molecule has 100 valence electrons. The zero-order valence-electron chi connectivity index (χ0n) is 11.0. The van der Waals surface area contributed by atoms with Gasteiger partial charge < -0.3 is 11.1 Å². The SMILES string of the molecule is CCC(CC)C(=O)NC1CCc2nc(N)sc2C1. The Morgan fingerprint density at radius 1 is 1.56 bits per heavy atom. The van der Waals surface area contributed by atoms with E-state index in [-0.39, 0.29) is 17.9 Å². The number of anilines is 1. The third-order valence-corrected chi connectivity index (χ3v) is 4.61. The minimum absolute atomic E-state index is 0.151.